The van der Waals surface area contributed by atoms with Crippen LogP contribution in [0.2, 0.25) is 0 Å². The zero-order valence-corrected chi connectivity index (χ0v) is 16.9. The minimum Gasteiger partial charge on any atom is -0.507 e. The molecular weight excluding hydrogens is 356 g/mol. The SMILES string of the molecule is CC1=CC(N(C)C)=CC(=O)/C1=C1\C(=O)C(c2c(C)cc(N(C)C)cc2O)=C1O. The van der Waals surface area contributed by atoms with Crippen molar-refractivity contribution in [2.45, 2.75) is 13.8 Å². The van der Waals surface area contributed by atoms with Gasteiger partial charge in [-0.2, -0.15) is 0 Å². The molecule has 0 fully saturated rings. The molecule has 0 aliphatic heterocycles. The maximum Gasteiger partial charge on any atom is 0.202 e. The number of benzene rings is 1. The Hall–Kier alpha value is -3.28. The summed E-state index contributed by atoms with van der Waals surface area (Å²) in [6.45, 7) is 3.51. The van der Waals surface area contributed by atoms with E-state index in [1.807, 2.05) is 39.2 Å². The van der Waals surface area contributed by atoms with Gasteiger partial charge >= 0.3 is 0 Å². The molecule has 2 aliphatic rings. The monoisotopic (exact) mass is 380 g/mol. The predicted molar refractivity (Wildman–Crippen MR) is 109 cm³/mol. The number of aliphatic hydroxyl groups is 1. The number of aromatic hydroxyl groups is 1. The van der Waals surface area contributed by atoms with Gasteiger partial charge in [0, 0.05) is 62.9 Å². The predicted octanol–water partition coefficient (Wildman–Crippen LogP) is 2.89. The Labute approximate surface area is 164 Å². The molecule has 6 nitrogen and oxygen atoms in total. The van der Waals surface area contributed by atoms with Crippen molar-refractivity contribution in [3.05, 3.63) is 63.6 Å². The van der Waals surface area contributed by atoms with Crippen LogP contribution >= 0.6 is 0 Å². The zero-order chi connectivity index (χ0) is 20.9. The maximum atomic E-state index is 12.9. The molecule has 2 aliphatic carbocycles. The molecule has 0 aromatic heterocycles. The Kier molecular flexibility index (Phi) is 4.67. The number of carbonyl (C=O) groups excluding carboxylic acids is 2. The molecule has 0 saturated heterocycles. The second-order valence-corrected chi connectivity index (χ2v) is 7.51. The van der Waals surface area contributed by atoms with Gasteiger partial charge in [-0.1, -0.05) is 0 Å². The van der Waals surface area contributed by atoms with E-state index in [2.05, 4.69) is 0 Å². The van der Waals surface area contributed by atoms with Crippen LogP contribution < -0.4 is 4.90 Å². The van der Waals surface area contributed by atoms with Crippen LogP contribution in [-0.2, 0) is 9.59 Å². The van der Waals surface area contributed by atoms with Crippen molar-refractivity contribution in [3.8, 4) is 5.75 Å². The second-order valence-electron chi connectivity index (χ2n) is 7.51. The third-order valence-corrected chi connectivity index (χ3v) is 5.04. The first-order valence-electron chi connectivity index (χ1n) is 8.90. The van der Waals surface area contributed by atoms with E-state index in [0.29, 0.717) is 16.7 Å². The van der Waals surface area contributed by atoms with E-state index in [1.54, 1.807) is 30.9 Å². The van der Waals surface area contributed by atoms with Gasteiger partial charge in [0.15, 0.2) is 5.78 Å². The Morgan fingerprint density at radius 3 is 1.93 bits per heavy atom. The van der Waals surface area contributed by atoms with Gasteiger partial charge in [0.05, 0.1) is 11.1 Å². The van der Waals surface area contributed by atoms with Crippen LogP contribution in [0.5, 0.6) is 5.75 Å². The van der Waals surface area contributed by atoms with Gasteiger partial charge in [0.1, 0.15) is 11.5 Å². The Bertz CT molecular complexity index is 1010. The number of anilines is 1. The average molecular weight is 380 g/mol. The minimum atomic E-state index is -0.439. The normalized spacial score (nSPS) is 19.4. The van der Waals surface area contributed by atoms with E-state index in [0.717, 1.165) is 11.4 Å². The largest absolute Gasteiger partial charge is 0.507 e. The van der Waals surface area contributed by atoms with Gasteiger partial charge in [0.2, 0.25) is 5.78 Å². The number of allylic oxidation sites excluding steroid dienone is 6. The van der Waals surface area contributed by atoms with Crippen LogP contribution in [0, 0.1) is 6.92 Å². The molecule has 146 valence electrons. The van der Waals surface area contributed by atoms with Crippen LogP contribution in [0.25, 0.3) is 5.57 Å². The molecule has 3 rings (SSSR count). The molecule has 0 amide bonds. The summed E-state index contributed by atoms with van der Waals surface area (Å²) in [5.74, 6) is -1.09. The first-order valence-corrected chi connectivity index (χ1v) is 8.90. The van der Waals surface area contributed by atoms with Crippen molar-refractivity contribution in [1.82, 2.24) is 4.90 Å². The lowest BCUT2D eigenvalue weighted by Crippen LogP contribution is -2.27. The van der Waals surface area contributed by atoms with Gasteiger partial charge < -0.3 is 20.0 Å². The number of carbonyl (C=O) groups is 2. The van der Waals surface area contributed by atoms with Crippen molar-refractivity contribution in [2.24, 2.45) is 0 Å². The van der Waals surface area contributed by atoms with Crippen LogP contribution in [0.15, 0.2) is 52.5 Å². The van der Waals surface area contributed by atoms with E-state index in [4.69, 9.17) is 0 Å². The summed E-state index contributed by atoms with van der Waals surface area (Å²) in [5.41, 5.74) is 3.37. The highest BCUT2D eigenvalue weighted by Crippen LogP contribution is 2.45. The second kappa shape index (κ2) is 6.71. The standard InChI is InChI=1S/C22H24N2O4/c1-11-7-13(23(3)4)9-15(25)17(11)19-21(27)20(22(19)28)18-12(2)8-14(24(5)6)10-16(18)26/h7-10,25,27H,1-6H3/b20-18-. The van der Waals surface area contributed by atoms with E-state index in [9.17, 15) is 19.8 Å². The minimum absolute atomic E-state index is 0.0123. The fraction of sp³-hybridized carbons (Fsp3) is 0.273. The van der Waals surface area contributed by atoms with Gasteiger partial charge in [-0.05, 0) is 37.1 Å². The summed E-state index contributed by atoms with van der Waals surface area (Å²) >= 11 is 0. The molecule has 1 aromatic rings. The molecule has 6 heteroatoms. The lowest BCUT2D eigenvalue weighted by Gasteiger charge is -2.28. The van der Waals surface area contributed by atoms with Crippen molar-refractivity contribution in [3.63, 3.8) is 0 Å². The van der Waals surface area contributed by atoms with Crippen molar-refractivity contribution in [1.29, 1.82) is 0 Å². The smallest absolute Gasteiger partial charge is 0.202 e. The molecular formula is C22H24N2O4. The van der Waals surface area contributed by atoms with Gasteiger partial charge in [-0.15, -0.1) is 0 Å². The molecule has 0 radical (unpaired) electrons. The number of aliphatic hydroxyl groups excluding tert-OH is 1. The number of hydrogen-bond acceptors (Lipinski definition) is 6. The van der Waals surface area contributed by atoms with Crippen molar-refractivity contribution >= 4 is 22.8 Å². The number of aryl methyl sites for hydroxylation is 1. The first-order chi connectivity index (χ1) is 13.0. The van der Waals surface area contributed by atoms with Crippen LogP contribution in [0.4, 0.5) is 5.69 Å². The summed E-state index contributed by atoms with van der Waals surface area (Å²) in [6.07, 6.45) is 3.25. The quantitative estimate of drug-likeness (QED) is 0.785. The molecule has 0 saturated carbocycles. The maximum absolute atomic E-state index is 12.9. The van der Waals surface area contributed by atoms with Crippen LogP contribution in [-0.4, -0.2) is 54.9 Å². The lowest BCUT2D eigenvalue weighted by atomic mass is 9.76. The first kappa shape index (κ1) is 19.5. The summed E-state index contributed by atoms with van der Waals surface area (Å²) in [6, 6.07) is 3.38. The van der Waals surface area contributed by atoms with E-state index in [-0.39, 0.29) is 34.0 Å². The molecule has 2 N–H and O–H groups in total. The topological polar surface area (TPSA) is 81.1 Å². The summed E-state index contributed by atoms with van der Waals surface area (Å²) in [5, 5.41) is 21.1. The molecule has 0 spiro atoms. The van der Waals surface area contributed by atoms with Crippen LogP contribution in [0.3, 0.4) is 0 Å². The number of nitrogens with zero attached hydrogens (tertiary/aromatic N) is 2. The summed E-state index contributed by atoms with van der Waals surface area (Å²) in [7, 11) is 7.35. The fourth-order valence-electron chi connectivity index (χ4n) is 3.51. The third kappa shape index (κ3) is 2.91. The third-order valence-electron chi connectivity index (χ3n) is 5.04. The lowest BCUT2D eigenvalue weighted by molar-refractivity contribution is -0.114. The number of phenols is 1. The summed E-state index contributed by atoms with van der Waals surface area (Å²) < 4.78 is 0. The van der Waals surface area contributed by atoms with Crippen molar-refractivity contribution in [2.75, 3.05) is 33.1 Å². The van der Waals surface area contributed by atoms with Gasteiger partial charge in [-0.3, -0.25) is 9.59 Å². The molecule has 28 heavy (non-hydrogen) atoms. The van der Waals surface area contributed by atoms with Crippen molar-refractivity contribution < 1.29 is 19.8 Å². The molecule has 0 unspecified atom stereocenters. The molecule has 1 aromatic carbocycles. The number of likely N-dealkylation sites (N-methyl/N-ethyl adjacent to an activating group) is 1. The van der Waals surface area contributed by atoms with E-state index < -0.39 is 5.78 Å². The highest BCUT2D eigenvalue weighted by molar-refractivity contribution is 6.41. The Balaban J connectivity index is 2.13. The Morgan fingerprint density at radius 1 is 0.821 bits per heavy atom. The fourth-order valence-corrected chi connectivity index (χ4v) is 3.51. The average Bonchev–Trinajstić information content (AvgIpc) is 2.60. The number of rotatable bonds is 3. The highest BCUT2D eigenvalue weighted by atomic mass is 16.3. The number of ketones is 2. The number of Topliss-reactive ketones (excluding diaryl/α,β-unsaturated/α-hetero) is 1. The van der Waals surface area contributed by atoms with E-state index >= 15 is 0 Å². The van der Waals surface area contributed by atoms with Gasteiger partial charge in [0.25, 0.3) is 0 Å². The van der Waals surface area contributed by atoms with Crippen LogP contribution in [0.1, 0.15) is 18.1 Å². The number of phenolic OH excluding ortho intramolecular Hbond substituents is 1. The number of hydrogen-bond donors (Lipinski definition) is 2. The van der Waals surface area contributed by atoms with Gasteiger partial charge in [-0.25, -0.2) is 0 Å². The summed E-state index contributed by atoms with van der Waals surface area (Å²) in [4.78, 5) is 29.1. The Morgan fingerprint density at radius 2 is 1.46 bits per heavy atom. The molecule has 0 atom stereocenters. The molecule has 0 heterocycles. The highest BCUT2D eigenvalue weighted by Gasteiger charge is 2.41. The zero-order valence-electron chi connectivity index (χ0n) is 16.9. The van der Waals surface area contributed by atoms with E-state index in [1.165, 1.54) is 6.08 Å². The molecule has 0 bridgehead atoms.